The largest absolute Gasteiger partial charge is 0.347 e. The molecule has 0 fully saturated rings. The summed E-state index contributed by atoms with van der Waals surface area (Å²) in [5.74, 6) is 0. The van der Waals surface area contributed by atoms with E-state index >= 15 is 0 Å². The molecule has 1 aliphatic rings. The monoisotopic (exact) mass is 160 g/mol. The zero-order valence-electron chi connectivity index (χ0n) is 7.52. The van der Waals surface area contributed by atoms with Crippen LogP contribution in [0.1, 0.15) is 28.9 Å². The summed E-state index contributed by atoms with van der Waals surface area (Å²) in [7, 11) is 0. The van der Waals surface area contributed by atoms with Gasteiger partial charge < -0.3 is 4.57 Å². The Hall–Kier alpha value is -1.23. The summed E-state index contributed by atoms with van der Waals surface area (Å²) in [5, 5.41) is 8.89. The van der Waals surface area contributed by atoms with Crippen molar-refractivity contribution in [3.05, 3.63) is 22.5 Å². The molecule has 0 N–H and O–H groups in total. The van der Waals surface area contributed by atoms with Crippen LogP contribution in [-0.2, 0) is 13.0 Å². The summed E-state index contributed by atoms with van der Waals surface area (Å²) in [6.45, 7) is 5.20. The molecular weight excluding hydrogens is 148 g/mol. The molecule has 2 heterocycles. The zero-order chi connectivity index (χ0) is 8.72. The Morgan fingerprint density at radius 3 is 2.75 bits per heavy atom. The van der Waals surface area contributed by atoms with E-state index in [0.29, 0.717) is 0 Å². The fourth-order valence-corrected chi connectivity index (χ4v) is 2.15. The second-order valence-corrected chi connectivity index (χ2v) is 3.40. The first-order chi connectivity index (χ1) is 5.75. The first-order valence-electron chi connectivity index (χ1n) is 4.34. The molecular formula is C10H12N2. The summed E-state index contributed by atoms with van der Waals surface area (Å²) in [4.78, 5) is 0. The number of fused-ring (bicyclic) bond motifs is 1. The molecule has 0 bridgehead atoms. The molecule has 0 radical (unpaired) electrons. The molecule has 12 heavy (non-hydrogen) atoms. The van der Waals surface area contributed by atoms with Gasteiger partial charge in [0, 0.05) is 17.9 Å². The molecule has 0 atom stereocenters. The lowest BCUT2D eigenvalue weighted by Gasteiger charge is -1.98. The molecule has 1 aromatic heterocycles. The molecule has 62 valence electrons. The standard InChI is InChI=1S/C10H12N2/c1-7-9(6-11)8(2)12-5-3-4-10(7)12/h3-5H2,1-2H3. The van der Waals surface area contributed by atoms with Crippen LogP contribution in [0.25, 0.3) is 0 Å². The minimum atomic E-state index is 0.893. The predicted octanol–water partition coefficient (Wildman–Crippen LogP) is 1.92. The molecule has 0 spiro atoms. The lowest BCUT2D eigenvalue weighted by Crippen LogP contribution is -1.94. The van der Waals surface area contributed by atoms with E-state index in [2.05, 4.69) is 17.6 Å². The number of aromatic nitrogens is 1. The number of nitrogens with zero attached hydrogens (tertiary/aromatic N) is 2. The second-order valence-electron chi connectivity index (χ2n) is 3.40. The van der Waals surface area contributed by atoms with Crippen molar-refractivity contribution in [1.29, 1.82) is 5.26 Å². The molecule has 0 saturated heterocycles. The Kier molecular flexibility index (Phi) is 1.47. The number of nitriles is 1. The van der Waals surface area contributed by atoms with Crippen molar-refractivity contribution in [2.75, 3.05) is 0 Å². The molecule has 1 aliphatic heterocycles. The Balaban J connectivity index is 2.70. The van der Waals surface area contributed by atoms with Crippen molar-refractivity contribution < 1.29 is 0 Å². The lowest BCUT2D eigenvalue weighted by molar-refractivity contribution is 0.728. The number of hydrogen-bond acceptors (Lipinski definition) is 1. The Bertz CT molecular complexity index is 332. The molecule has 0 saturated carbocycles. The van der Waals surface area contributed by atoms with Crippen LogP contribution in [0, 0.1) is 25.2 Å². The van der Waals surface area contributed by atoms with Gasteiger partial charge in [0.05, 0.1) is 5.56 Å². The zero-order valence-corrected chi connectivity index (χ0v) is 7.52. The van der Waals surface area contributed by atoms with Crippen LogP contribution in [0.5, 0.6) is 0 Å². The topological polar surface area (TPSA) is 28.7 Å². The van der Waals surface area contributed by atoms with Gasteiger partial charge >= 0.3 is 0 Å². The Labute approximate surface area is 72.4 Å². The van der Waals surface area contributed by atoms with Crippen LogP contribution in [0.3, 0.4) is 0 Å². The van der Waals surface area contributed by atoms with Gasteiger partial charge in [-0.2, -0.15) is 5.26 Å². The highest BCUT2D eigenvalue weighted by Gasteiger charge is 2.20. The van der Waals surface area contributed by atoms with Gasteiger partial charge in [0.15, 0.2) is 0 Å². The Morgan fingerprint density at radius 2 is 2.17 bits per heavy atom. The minimum Gasteiger partial charge on any atom is -0.347 e. The average molecular weight is 160 g/mol. The summed E-state index contributed by atoms with van der Waals surface area (Å²) >= 11 is 0. The van der Waals surface area contributed by atoms with E-state index < -0.39 is 0 Å². The number of hydrogen-bond donors (Lipinski definition) is 0. The first-order valence-corrected chi connectivity index (χ1v) is 4.34. The van der Waals surface area contributed by atoms with Crippen molar-refractivity contribution >= 4 is 0 Å². The fourth-order valence-electron chi connectivity index (χ4n) is 2.15. The van der Waals surface area contributed by atoms with Gasteiger partial charge in [0.25, 0.3) is 0 Å². The van der Waals surface area contributed by atoms with Gasteiger partial charge in [-0.1, -0.05) is 0 Å². The normalized spacial score (nSPS) is 14.4. The molecule has 2 rings (SSSR count). The molecule has 0 aliphatic carbocycles. The molecule has 1 aromatic rings. The van der Waals surface area contributed by atoms with E-state index in [1.165, 1.54) is 17.7 Å². The molecule has 0 aromatic carbocycles. The van der Waals surface area contributed by atoms with Gasteiger partial charge in [0.1, 0.15) is 6.07 Å². The van der Waals surface area contributed by atoms with E-state index in [4.69, 9.17) is 5.26 Å². The van der Waals surface area contributed by atoms with Gasteiger partial charge in [-0.05, 0) is 32.3 Å². The first kappa shape index (κ1) is 7.42. The van der Waals surface area contributed by atoms with Crippen molar-refractivity contribution in [3.63, 3.8) is 0 Å². The summed E-state index contributed by atoms with van der Waals surface area (Å²) in [6.07, 6.45) is 2.39. The third kappa shape index (κ3) is 0.739. The fraction of sp³-hybridized carbons (Fsp3) is 0.500. The third-order valence-corrected chi connectivity index (χ3v) is 2.81. The van der Waals surface area contributed by atoms with E-state index in [9.17, 15) is 0 Å². The predicted molar refractivity (Wildman–Crippen MR) is 46.9 cm³/mol. The van der Waals surface area contributed by atoms with Gasteiger partial charge in [0.2, 0.25) is 0 Å². The Morgan fingerprint density at radius 1 is 1.42 bits per heavy atom. The molecule has 2 heteroatoms. The summed E-state index contributed by atoms with van der Waals surface area (Å²) in [6, 6.07) is 2.27. The van der Waals surface area contributed by atoms with Crippen LogP contribution < -0.4 is 0 Å². The van der Waals surface area contributed by atoms with Gasteiger partial charge in [-0.25, -0.2) is 0 Å². The maximum Gasteiger partial charge on any atom is 0.101 e. The second kappa shape index (κ2) is 2.38. The van der Waals surface area contributed by atoms with Crippen LogP contribution in [-0.4, -0.2) is 4.57 Å². The lowest BCUT2D eigenvalue weighted by atomic mass is 10.1. The maximum atomic E-state index is 8.89. The van der Waals surface area contributed by atoms with Gasteiger partial charge in [-0.15, -0.1) is 0 Å². The van der Waals surface area contributed by atoms with Crippen LogP contribution >= 0.6 is 0 Å². The van der Waals surface area contributed by atoms with E-state index in [1.54, 1.807) is 0 Å². The summed E-state index contributed by atoms with van der Waals surface area (Å²) < 4.78 is 2.29. The highest BCUT2D eigenvalue weighted by Crippen LogP contribution is 2.27. The highest BCUT2D eigenvalue weighted by atomic mass is 15.0. The average Bonchev–Trinajstić information content (AvgIpc) is 2.58. The van der Waals surface area contributed by atoms with Gasteiger partial charge in [-0.3, -0.25) is 0 Å². The maximum absolute atomic E-state index is 8.89. The van der Waals surface area contributed by atoms with E-state index in [1.807, 2.05) is 6.92 Å². The van der Waals surface area contributed by atoms with E-state index in [0.717, 1.165) is 24.2 Å². The number of rotatable bonds is 0. The smallest absolute Gasteiger partial charge is 0.101 e. The molecule has 0 amide bonds. The SMILES string of the molecule is Cc1c(C#N)c(C)n2c1CCC2. The quantitative estimate of drug-likeness (QED) is 0.570. The van der Waals surface area contributed by atoms with Crippen molar-refractivity contribution in [1.82, 2.24) is 4.57 Å². The van der Waals surface area contributed by atoms with E-state index in [-0.39, 0.29) is 0 Å². The van der Waals surface area contributed by atoms with Crippen molar-refractivity contribution in [3.8, 4) is 6.07 Å². The van der Waals surface area contributed by atoms with Crippen LogP contribution in [0.15, 0.2) is 0 Å². The van der Waals surface area contributed by atoms with Crippen LogP contribution in [0.2, 0.25) is 0 Å². The summed E-state index contributed by atoms with van der Waals surface area (Å²) in [5.41, 5.74) is 4.63. The highest BCUT2D eigenvalue weighted by molar-refractivity contribution is 5.46. The van der Waals surface area contributed by atoms with Crippen LogP contribution in [0.4, 0.5) is 0 Å². The minimum absolute atomic E-state index is 0.893. The molecule has 0 unspecified atom stereocenters. The van der Waals surface area contributed by atoms with Crippen molar-refractivity contribution in [2.45, 2.75) is 33.2 Å². The third-order valence-electron chi connectivity index (χ3n) is 2.81. The molecule has 2 nitrogen and oxygen atoms in total. The van der Waals surface area contributed by atoms with Crippen molar-refractivity contribution in [2.24, 2.45) is 0 Å².